The maximum atomic E-state index is 12.7. The molecule has 0 unspecified atom stereocenters. The molecule has 0 saturated carbocycles. The van der Waals surface area contributed by atoms with Crippen LogP contribution in [0.15, 0.2) is 59.4 Å². The van der Waals surface area contributed by atoms with Crippen LogP contribution in [0.25, 0.3) is 10.9 Å². The molecule has 3 rings (SSSR count). The second kappa shape index (κ2) is 6.08. The van der Waals surface area contributed by atoms with Gasteiger partial charge >= 0.3 is 0 Å². The van der Waals surface area contributed by atoms with Crippen molar-refractivity contribution in [3.8, 4) is 5.75 Å². The quantitative estimate of drug-likeness (QED) is 0.695. The van der Waals surface area contributed by atoms with Gasteiger partial charge in [0.05, 0.1) is 24.7 Å². The van der Waals surface area contributed by atoms with Gasteiger partial charge in [-0.15, -0.1) is 0 Å². The maximum Gasteiger partial charge on any atom is 0.262 e. The predicted octanol–water partition coefficient (Wildman–Crippen LogP) is 3.26. The zero-order chi connectivity index (χ0) is 16.4. The van der Waals surface area contributed by atoms with Crippen LogP contribution in [0.4, 0.5) is 0 Å². The molecule has 0 aliphatic heterocycles. The minimum Gasteiger partial charge on any atom is -0.497 e. The Morgan fingerprint density at radius 2 is 1.78 bits per heavy atom. The average Bonchev–Trinajstić information content (AvgIpc) is 2.57. The van der Waals surface area contributed by atoms with E-state index in [-0.39, 0.29) is 16.9 Å². The summed E-state index contributed by atoms with van der Waals surface area (Å²) in [6.07, 6.45) is 0. The normalized spacial score (nSPS) is 10.7. The molecule has 4 nitrogen and oxygen atoms in total. The van der Waals surface area contributed by atoms with Crippen molar-refractivity contribution in [1.29, 1.82) is 0 Å². The standard InChI is InChI=1S/C19H17NO3/c1-13(21)17-11-15-5-3-4-6-18(15)20(19(17)22)12-14-7-9-16(23-2)10-8-14/h3-11H,12H2,1-2H3. The predicted molar refractivity (Wildman–Crippen MR) is 90.3 cm³/mol. The molecule has 3 aromatic rings. The van der Waals surface area contributed by atoms with Crippen molar-refractivity contribution >= 4 is 16.7 Å². The molecule has 0 atom stereocenters. The van der Waals surface area contributed by atoms with Crippen molar-refractivity contribution in [3.63, 3.8) is 0 Å². The molecular weight excluding hydrogens is 290 g/mol. The summed E-state index contributed by atoms with van der Waals surface area (Å²) in [6, 6.07) is 16.8. The third kappa shape index (κ3) is 2.88. The maximum absolute atomic E-state index is 12.7. The summed E-state index contributed by atoms with van der Waals surface area (Å²) in [5.41, 5.74) is 1.75. The van der Waals surface area contributed by atoms with E-state index in [0.29, 0.717) is 6.54 Å². The molecule has 116 valence electrons. The molecule has 1 heterocycles. The molecule has 0 radical (unpaired) electrons. The van der Waals surface area contributed by atoms with E-state index in [4.69, 9.17) is 4.74 Å². The fraction of sp³-hybridized carbons (Fsp3) is 0.158. The van der Waals surface area contributed by atoms with Gasteiger partial charge in [0.25, 0.3) is 5.56 Å². The number of nitrogens with zero attached hydrogens (tertiary/aromatic N) is 1. The second-order valence-corrected chi connectivity index (χ2v) is 5.41. The molecular formula is C19H17NO3. The van der Waals surface area contributed by atoms with E-state index in [1.807, 2.05) is 48.5 Å². The van der Waals surface area contributed by atoms with Crippen LogP contribution in [0, 0.1) is 0 Å². The Bertz CT molecular complexity index is 923. The Balaban J connectivity index is 2.16. The first-order valence-electron chi connectivity index (χ1n) is 7.36. The summed E-state index contributed by atoms with van der Waals surface area (Å²) in [4.78, 5) is 24.4. The Kier molecular flexibility index (Phi) is 3.98. The highest BCUT2D eigenvalue weighted by atomic mass is 16.5. The first-order chi connectivity index (χ1) is 11.1. The first-order valence-corrected chi connectivity index (χ1v) is 7.36. The van der Waals surface area contributed by atoms with Gasteiger partial charge in [0.1, 0.15) is 5.75 Å². The van der Waals surface area contributed by atoms with E-state index in [1.54, 1.807) is 17.7 Å². The number of ether oxygens (including phenoxy) is 1. The highest BCUT2D eigenvalue weighted by molar-refractivity contribution is 5.97. The van der Waals surface area contributed by atoms with Crippen LogP contribution in [0.2, 0.25) is 0 Å². The number of fused-ring (bicyclic) bond motifs is 1. The van der Waals surface area contributed by atoms with Crippen molar-refractivity contribution < 1.29 is 9.53 Å². The van der Waals surface area contributed by atoms with Gasteiger partial charge in [0, 0.05) is 0 Å². The van der Waals surface area contributed by atoms with E-state index in [1.165, 1.54) is 6.92 Å². The summed E-state index contributed by atoms with van der Waals surface area (Å²) in [7, 11) is 1.61. The second-order valence-electron chi connectivity index (χ2n) is 5.41. The average molecular weight is 307 g/mol. The van der Waals surface area contributed by atoms with Gasteiger partial charge in [-0.05, 0) is 42.1 Å². The number of rotatable bonds is 4. The van der Waals surface area contributed by atoms with Gasteiger partial charge in [-0.2, -0.15) is 0 Å². The van der Waals surface area contributed by atoms with Gasteiger partial charge in [-0.3, -0.25) is 9.59 Å². The van der Waals surface area contributed by atoms with Crippen molar-refractivity contribution in [3.05, 3.63) is 76.1 Å². The van der Waals surface area contributed by atoms with E-state index in [2.05, 4.69) is 0 Å². The number of Topliss-reactive ketones (excluding diaryl/α,β-unsaturated/α-hetero) is 1. The number of hydrogen-bond donors (Lipinski definition) is 0. The molecule has 2 aromatic carbocycles. The Hall–Kier alpha value is -2.88. The minimum absolute atomic E-state index is 0.218. The highest BCUT2D eigenvalue weighted by Crippen LogP contribution is 2.17. The van der Waals surface area contributed by atoms with Crippen LogP contribution in [0.3, 0.4) is 0 Å². The van der Waals surface area contributed by atoms with Crippen molar-refractivity contribution in [1.82, 2.24) is 4.57 Å². The lowest BCUT2D eigenvalue weighted by molar-refractivity contribution is 0.101. The van der Waals surface area contributed by atoms with E-state index in [0.717, 1.165) is 22.2 Å². The summed E-state index contributed by atoms with van der Waals surface area (Å²) >= 11 is 0. The number of methoxy groups -OCH3 is 1. The van der Waals surface area contributed by atoms with Crippen LogP contribution >= 0.6 is 0 Å². The van der Waals surface area contributed by atoms with Crippen LogP contribution in [0.1, 0.15) is 22.8 Å². The van der Waals surface area contributed by atoms with E-state index < -0.39 is 0 Å². The van der Waals surface area contributed by atoms with E-state index >= 15 is 0 Å². The molecule has 0 aliphatic carbocycles. The monoisotopic (exact) mass is 307 g/mol. The summed E-state index contributed by atoms with van der Waals surface area (Å²) in [5, 5.41) is 0.880. The fourth-order valence-electron chi connectivity index (χ4n) is 2.65. The van der Waals surface area contributed by atoms with E-state index in [9.17, 15) is 9.59 Å². The van der Waals surface area contributed by atoms with Crippen LogP contribution < -0.4 is 10.3 Å². The zero-order valence-electron chi connectivity index (χ0n) is 13.1. The molecule has 0 aliphatic rings. The van der Waals surface area contributed by atoms with Gasteiger partial charge in [0.15, 0.2) is 5.78 Å². The number of pyridine rings is 1. The molecule has 0 spiro atoms. The topological polar surface area (TPSA) is 48.3 Å². The van der Waals surface area contributed by atoms with Gasteiger partial charge in [-0.1, -0.05) is 30.3 Å². The number of carbonyl (C=O) groups excluding carboxylic acids is 1. The number of para-hydroxylation sites is 1. The van der Waals surface area contributed by atoms with Gasteiger partial charge in [0.2, 0.25) is 0 Å². The van der Waals surface area contributed by atoms with Crippen molar-refractivity contribution in [2.24, 2.45) is 0 Å². The fourth-order valence-corrected chi connectivity index (χ4v) is 2.65. The lowest BCUT2D eigenvalue weighted by atomic mass is 10.1. The molecule has 0 saturated heterocycles. The van der Waals surface area contributed by atoms with Crippen molar-refractivity contribution in [2.75, 3.05) is 7.11 Å². The van der Waals surface area contributed by atoms with Gasteiger partial charge < -0.3 is 9.30 Å². The molecule has 0 N–H and O–H groups in total. The molecule has 0 fully saturated rings. The molecule has 0 amide bonds. The van der Waals surface area contributed by atoms with Gasteiger partial charge in [-0.25, -0.2) is 0 Å². The number of hydrogen-bond acceptors (Lipinski definition) is 3. The number of benzene rings is 2. The van der Waals surface area contributed by atoms with Crippen molar-refractivity contribution in [2.45, 2.75) is 13.5 Å². The Morgan fingerprint density at radius 3 is 2.43 bits per heavy atom. The highest BCUT2D eigenvalue weighted by Gasteiger charge is 2.12. The first kappa shape index (κ1) is 15.0. The SMILES string of the molecule is COc1ccc(Cn2c(=O)c(C(C)=O)cc3ccccc32)cc1. The molecule has 4 heteroatoms. The molecule has 0 bridgehead atoms. The van der Waals surface area contributed by atoms with Crippen LogP contribution in [-0.4, -0.2) is 17.5 Å². The lowest BCUT2D eigenvalue weighted by Crippen LogP contribution is -2.26. The number of aromatic nitrogens is 1. The molecule has 23 heavy (non-hydrogen) atoms. The summed E-state index contributed by atoms with van der Waals surface area (Å²) < 4.78 is 6.80. The third-order valence-corrected chi connectivity index (χ3v) is 3.88. The summed E-state index contributed by atoms with van der Waals surface area (Å²) in [6.45, 7) is 1.83. The lowest BCUT2D eigenvalue weighted by Gasteiger charge is -2.12. The summed E-state index contributed by atoms with van der Waals surface area (Å²) in [5.74, 6) is 0.549. The molecule has 1 aromatic heterocycles. The Morgan fingerprint density at radius 1 is 1.09 bits per heavy atom. The third-order valence-electron chi connectivity index (χ3n) is 3.88. The van der Waals surface area contributed by atoms with Crippen LogP contribution in [-0.2, 0) is 6.54 Å². The number of ketones is 1. The number of carbonyl (C=O) groups is 1. The zero-order valence-corrected chi connectivity index (χ0v) is 13.1. The smallest absolute Gasteiger partial charge is 0.262 e. The minimum atomic E-state index is -0.257. The Labute approximate surface area is 133 Å². The largest absolute Gasteiger partial charge is 0.497 e. The van der Waals surface area contributed by atoms with Crippen LogP contribution in [0.5, 0.6) is 5.75 Å².